The fraction of sp³-hybridized carbons (Fsp3) is 0.824. The molecule has 12 heteroatoms. The summed E-state index contributed by atoms with van der Waals surface area (Å²) in [4.78, 5) is 33.9. The molecule has 0 aromatic heterocycles. The highest BCUT2D eigenvalue weighted by molar-refractivity contribution is 7.86. The molecule has 0 aromatic carbocycles. The SMILES string of the molecule is CCOC(=O)OC[C@H](C)OC(=O)[C@H](O)C(C)(C)COS(=O)(=O)CCCNC(C)=O. The Bertz CT molecular complexity index is 647. The van der Waals surface area contributed by atoms with E-state index in [1.807, 2.05) is 0 Å². The Kier molecular flexibility index (Phi) is 11.8. The van der Waals surface area contributed by atoms with Crippen LogP contribution in [0.2, 0.25) is 0 Å². The lowest BCUT2D eigenvalue weighted by Gasteiger charge is -2.29. The molecule has 0 aromatic rings. The van der Waals surface area contributed by atoms with Gasteiger partial charge in [0, 0.05) is 18.9 Å². The van der Waals surface area contributed by atoms with Gasteiger partial charge in [0.05, 0.1) is 19.0 Å². The molecular formula is C17H31NO10S. The third-order valence-corrected chi connectivity index (χ3v) is 4.80. The van der Waals surface area contributed by atoms with Gasteiger partial charge in [-0.1, -0.05) is 13.8 Å². The van der Waals surface area contributed by atoms with E-state index < -0.39 is 46.5 Å². The van der Waals surface area contributed by atoms with Gasteiger partial charge in [0.15, 0.2) is 6.10 Å². The van der Waals surface area contributed by atoms with Crippen LogP contribution in [0.3, 0.4) is 0 Å². The van der Waals surface area contributed by atoms with Gasteiger partial charge in [-0.2, -0.15) is 8.42 Å². The largest absolute Gasteiger partial charge is 0.508 e. The van der Waals surface area contributed by atoms with E-state index in [4.69, 9.17) is 13.7 Å². The summed E-state index contributed by atoms with van der Waals surface area (Å²) in [6.07, 6.45) is -3.28. The average Bonchev–Trinajstić information content (AvgIpc) is 2.61. The number of amides is 1. The molecule has 11 nitrogen and oxygen atoms in total. The summed E-state index contributed by atoms with van der Waals surface area (Å²) in [6, 6.07) is 0. The van der Waals surface area contributed by atoms with Crippen LogP contribution in [0.1, 0.15) is 41.0 Å². The van der Waals surface area contributed by atoms with Crippen molar-refractivity contribution in [2.45, 2.75) is 53.2 Å². The Hall–Kier alpha value is -1.92. The predicted octanol–water partition coefficient (Wildman–Crippen LogP) is 0.351. The molecule has 0 aliphatic carbocycles. The van der Waals surface area contributed by atoms with Gasteiger partial charge in [-0.3, -0.25) is 8.98 Å². The van der Waals surface area contributed by atoms with Crippen LogP contribution < -0.4 is 5.32 Å². The van der Waals surface area contributed by atoms with Gasteiger partial charge < -0.3 is 24.6 Å². The lowest BCUT2D eigenvalue weighted by atomic mass is 9.87. The van der Waals surface area contributed by atoms with Gasteiger partial charge in [-0.15, -0.1) is 0 Å². The van der Waals surface area contributed by atoms with E-state index in [1.54, 1.807) is 6.92 Å². The van der Waals surface area contributed by atoms with E-state index in [2.05, 4.69) is 10.1 Å². The van der Waals surface area contributed by atoms with Crippen LogP contribution in [-0.2, 0) is 38.1 Å². The van der Waals surface area contributed by atoms with Gasteiger partial charge in [-0.05, 0) is 20.3 Å². The Morgan fingerprint density at radius 3 is 2.34 bits per heavy atom. The van der Waals surface area contributed by atoms with E-state index in [9.17, 15) is 27.9 Å². The molecule has 0 unspecified atom stereocenters. The highest BCUT2D eigenvalue weighted by Crippen LogP contribution is 2.23. The van der Waals surface area contributed by atoms with Crippen molar-refractivity contribution in [2.24, 2.45) is 5.41 Å². The Morgan fingerprint density at radius 2 is 1.79 bits per heavy atom. The minimum absolute atomic E-state index is 0.135. The van der Waals surface area contributed by atoms with E-state index in [-0.39, 0.29) is 37.8 Å². The minimum Gasteiger partial charge on any atom is -0.457 e. The Balaban J connectivity index is 4.50. The molecule has 0 saturated carbocycles. The van der Waals surface area contributed by atoms with Crippen molar-refractivity contribution in [3.8, 4) is 0 Å². The second kappa shape index (κ2) is 12.6. The molecule has 2 atom stereocenters. The molecule has 0 rings (SSSR count). The van der Waals surface area contributed by atoms with Crippen LogP contribution in [0.4, 0.5) is 4.79 Å². The highest BCUT2D eigenvalue weighted by atomic mass is 32.2. The Morgan fingerprint density at radius 1 is 1.17 bits per heavy atom. The molecule has 29 heavy (non-hydrogen) atoms. The first-order chi connectivity index (χ1) is 13.3. The van der Waals surface area contributed by atoms with Crippen molar-refractivity contribution in [3.05, 3.63) is 0 Å². The Labute approximate surface area is 171 Å². The summed E-state index contributed by atoms with van der Waals surface area (Å²) in [6.45, 7) is 6.84. The number of aliphatic hydroxyl groups is 1. The molecule has 0 aliphatic heterocycles. The second-order valence-corrected chi connectivity index (χ2v) is 8.75. The number of hydrogen-bond donors (Lipinski definition) is 2. The van der Waals surface area contributed by atoms with Crippen LogP contribution >= 0.6 is 0 Å². The van der Waals surface area contributed by atoms with Gasteiger partial charge in [0.1, 0.15) is 12.7 Å². The van der Waals surface area contributed by atoms with Crippen LogP contribution in [0, 0.1) is 5.41 Å². The van der Waals surface area contributed by atoms with Crippen molar-refractivity contribution in [1.82, 2.24) is 5.32 Å². The highest BCUT2D eigenvalue weighted by Gasteiger charge is 2.37. The first kappa shape index (κ1) is 27.1. The number of carbonyl (C=O) groups is 3. The van der Waals surface area contributed by atoms with Crippen LogP contribution in [-0.4, -0.2) is 75.9 Å². The van der Waals surface area contributed by atoms with E-state index in [0.29, 0.717) is 0 Å². The fourth-order valence-corrected chi connectivity index (χ4v) is 2.95. The first-order valence-corrected chi connectivity index (χ1v) is 10.7. The van der Waals surface area contributed by atoms with Gasteiger partial charge in [-0.25, -0.2) is 9.59 Å². The zero-order valence-corrected chi connectivity index (χ0v) is 18.2. The maximum absolute atomic E-state index is 12.1. The number of carbonyl (C=O) groups excluding carboxylic acids is 3. The lowest BCUT2D eigenvalue weighted by molar-refractivity contribution is -0.168. The zero-order valence-electron chi connectivity index (χ0n) is 17.4. The predicted molar refractivity (Wildman–Crippen MR) is 101 cm³/mol. The third kappa shape index (κ3) is 12.3. The maximum Gasteiger partial charge on any atom is 0.508 e. The quantitative estimate of drug-likeness (QED) is 0.232. The van der Waals surface area contributed by atoms with Gasteiger partial charge in [0.2, 0.25) is 5.91 Å². The summed E-state index contributed by atoms with van der Waals surface area (Å²) in [7, 11) is -3.90. The van der Waals surface area contributed by atoms with Gasteiger partial charge in [0.25, 0.3) is 10.1 Å². The molecule has 0 spiro atoms. The van der Waals surface area contributed by atoms with Crippen molar-refractivity contribution >= 4 is 28.1 Å². The normalized spacial score (nSPS) is 13.9. The van der Waals surface area contributed by atoms with Crippen LogP contribution in [0.15, 0.2) is 0 Å². The van der Waals surface area contributed by atoms with Crippen molar-refractivity contribution < 1.29 is 46.3 Å². The van der Waals surface area contributed by atoms with E-state index in [1.165, 1.54) is 27.7 Å². The molecule has 0 bridgehead atoms. The second-order valence-electron chi connectivity index (χ2n) is 6.99. The third-order valence-electron chi connectivity index (χ3n) is 3.53. The number of aliphatic hydroxyl groups excluding tert-OH is 1. The molecule has 0 fully saturated rings. The zero-order chi connectivity index (χ0) is 22.7. The number of ether oxygens (including phenoxy) is 3. The molecule has 0 aliphatic rings. The van der Waals surface area contributed by atoms with Gasteiger partial charge >= 0.3 is 12.1 Å². The van der Waals surface area contributed by atoms with Crippen molar-refractivity contribution in [1.29, 1.82) is 0 Å². The number of esters is 1. The lowest BCUT2D eigenvalue weighted by Crippen LogP contribution is -2.43. The van der Waals surface area contributed by atoms with Crippen LogP contribution in [0.5, 0.6) is 0 Å². The molecule has 0 heterocycles. The summed E-state index contributed by atoms with van der Waals surface area (Å²) in [5, 5.41) is 12.7. The van der Waals surface area contributed by atoms with Crippen molar-refractivity contribution in [3.63, 3.8) is 0 Å². The first-order valence-electron chi connectivity index (χ1n) is 9.10. The topological polar surface area (TPSA) is 155 Å². The average molecular weight is 441 g/mol. The van der Waals surface area contributed by atoms with E-state index in [0.717, 1.165) is 0 Å². The van der Waals surface area contributed by atoms with E-state index >= 15 is 0 Å². The summed E-state index contributed by atoms with van der Waals surface area (Å²) in [5.74, 6) is -1.61. The molecule has 0 radical (unpaired) electrons. The summed E-state index contributed by atoms with van der Waals surface area (Å²) < 4.78 is 43.0. The molecular weight excluding hydrogens is 410 g/mol. The number of rotatable bonds is 13. The number of nitrogens with one attached hydrogen (secondary N) is 1. The smallest absolute Gasteiger partial charge is 0.457 e. The maximum atomic E-state index is 12.1. The monoisotopic (exact) mass is 441 g/mol. The van der Waals surface area contributed by atoms with Crippen LogP contribution in [0.25, 0.3) is 0 Å². The molecule has 0 saturated heterocycles. The number of hydrogen-bond acceptors (Lipinski definition) is 10. The summed E-state index contributed by atoms with van der Waals surface area (Å²) in [5.41, 5.74) is -1.27. The minimum atomic E-state index is -3.90. The summed E-state index contributed by atoms with van der Waals surface area (Å²) >= 11 is 0. The standard InChI is InChI=1S/C17H31NO10S/c1-6-25-16(22)26-10-12(2)28-15(21)14(20)17(4,5)11-27-29(23,24)9-7-8-18-13(3)19/h12,14,20H,6-11H2,1-5H3,(H,18,19)/t12-,14-/m0/s1. The van der Waals surface area contributed by atoms with Crippen molar-refractivity contribution in [2.75, 3.05) is 32.1 Å². The molecule has 2 N–H and O–H groups in total. The molecule has 1 amide bonds. The fourth-order valence-electron chi connectivity index (χ4n) is 1.85. The molecule has 170 valence electrons.